The Labute approximate surface area is 79.6 Å². The van der Waals surface area contributed by atoms with Crippen LogP contribution in [0.1, 0.15) is 6.42 Å². The SMILES string of the molecule is [B]NC1=CCC=C(S(C)(=O)=O)C=C1. The Morgan fingerprint density at radius 1 is 1.38 bits per heavy atom. The van der Waals surface area contributed by atoms with Gasteiger partial charge in [-0.1, -0.05) is 12.2 Å². The Morgan fingerprint density at radius 2 is 2.08 bits per heavy atom. The lowest BCUT2D eigenvalue weighted by Gasteiger charge is -1.97. The molecule has 1 N–H and O–H groups in total. The highest BCUT2D eigenvalue weighted by Crippen LogP contribution is 2.13. The van der Waals surface area contributed by atoms with Crippen LogP contribution in [0, 0.1) is 0 Å². The molecule has 0 heterocycles. The van der Waals surface area contributed by atoms with Gasteiger partial charge in [0, 0.05) is 12.0 Å². The van der Waals surface area contributed by atoms with Crippen LogP contribution >= 0.6 is 0 Å². The molecule has 0 aromatic rings. The predicted octanol–water partition coefficient (Wildman–Crippen LogP) is 0.432. The summed E-state index contributed by atoms with van der Waals surface area (Å²) in [6.45, 7) is 0. The summed E-state index contributed by atoms with van der Waals surface area (Å²) in [6.07, 6.45) is 8.39. The van der Waals surface area contributed by atoms with E-state index in [4.69, 9.17) is 7.98 Å². The van der Waals surface area contributed by atoms with E-state index in [9.17, 15) is 8.42 Å². The molecule has 1 aliphatic carbocycles. The van der Waals surface area contributed by atoms with Crippen molar-refractivity contribution in [2.75, 3.05) is 6.26 Å². The van der Waals surface area contributed by atoms with Crippen LogP contribution in [0.3, 0.4) is 0 Å². The average Bonchev–Trinajstić information content (AvgIpc) is 2.26. The summed E-state index contributed by atoms with van der Waals surface area (Å²) < 4.78 is 22.3. The van der Waals surface area contributed by atoms with Gasteiger partial charge in [-0.25, -0.2) is 8.42 Å². The molecule has 68 valence electrons. The first-order valence-corrected chi connectivity index (χ1v) is 5.68. The summed E-state index contributed by atoms with van der Waals surface area (Å²) in [5.41, 5.74) is 0.718. The van der Waals surface area contributed by atoms with Gasteiger partial charge >= 0.3 is 0 Å². The minimum absolute atomic E-state index is 0.328. The summed E-state index contributed by atoms with van der Waals surface area (Å²) in [4.78, 5) is 0.328. The van der Waals surface area contributed by atoms with Gasteiger partial charge < -0.3 is 5.23 Å². The molecule has 0 fully saturated rings. The minimum atomic E-state index is -3.11. The molecule has 5 heteroatoms. The lowest BCUT2D eigenvalue weighted by molar-refractivity contribution is 0.608. The fraction of sp³-hybridized carbons (Fsp3) is 0.250. The molecule has 0 aromatic carbocycles. The Kier molecular flexibility index (Phi) is 2.98. The summed E-state index contributed by atoms with van der Waals surface area (Å²) in [5.74, 6) is 0. The van der Waals surface area contributed by atoms with E-state index in [2.05, 4.69) is 5.23 Å². The summed E-state index contributed by atoms with van der Waals surface area (Å²) in [5, 5.41) is 2.46. The molecule has 0 unspecified atom stereocenters. The molecule has 13 heavy (non-hydrogen) atoms. The van der Waals surface area contributed by atoms with Crippen molar-refractivity contribution in [3.8, 4) is 0 Å². The quantitative estimate of drug-likeness (QED) is 0.650. The fourth-order valence-electron chi connectivity index (χ4n) is 0.992. The molecule has 1 rings (SSSR count). The van der Waals surface area contributed by atoms with Crippen LogP contribution in [0.15, 0.2) is 34.9 Å². The fourth-order valence-corrected chi connectivity index (χ4v) is 1.71. The van der Waals surface area contributed by atoms with E-state index in [1.165, 1.54) is 12.3 Å². The van der Waals surface area contributed by atoms with Crippen molar-refractivity contribution in [1.82, 2.24) is 5.23 Å². The van der Waals surface area contributed by atoms with Crippen molar-refractivity contribution in [2.24, 2.45) is 0 Å². The predicted molar refractivity (Wildman–Crippen MR) is 53.7 cm³/mol. The van der Waals surface area contributed by atoms with Crippen LogP contribution in [-0.4, -0.2) is 22.7 Å². The van der Waals surface area contributed by atoms with E-state index < -0.39 is 9.84 Å². The number of rotatable bonds is 2. The molecule has 0 saturated carbocycles. The second-order valence-corrected chi connectivity index (χ2v) is 4.77. The second kappa shape index (κ2) is 3.83. The Bertz CT molecular complexity index is 379. The molecule has 0 aliphatic heterocycles. The molecule has 3 nitrogen and oxygen atoms in total. The Hall–Kier alpha value is -0.965. The van der Waals surface area contributed by atoms with Gasteiger partial charge in [-0.05, 0) is 18.6 Å². The molecule has 0 amide bonds. The molecule has 0 bridgehead atoms. The van der Waals surface area contributed by atoms with Gasteiger partial charge in [0.15, 0.2) is 9.84 Å². The summed E-state index contributed by atoms with van der Waals surface area (Å²) >= 11 is 0. The van der Waals surface area contributed by atoms with E-state index >= 15 is 0 Å². The van der Waals surface area contributed by atoms with Crippen LogP contribution in [0.5, 0.6) is 0 Å². The third-order valence-electron chi connectivity index (χ3n) is 1.68. The zero-order valence-corrected chi connectivity index (χ0v) is 8.14. The van der Waals surface area contributed by atoms with Gasteiger partial charge in [-0.15, -0.1) is 0 Å². The van der Waals surface area contributed by atoms with Gasteiger partial charge in [-0.3, -0.25) is 0 Å². The minimum Gasteiger partial charge on any atom is -0.438 e. The number of sulfone groups is 1. The molecule has 2 radical (unpaired) electrons. The van der Waals surface area contributed by atoms with Gasteiger partial charge in [0.2, 0.25) is 7.98 Å². The van der Waals surface area contributed by atoms with Crippen molar-refractivity contribution >= 4 is 17.8 Å². The van der Waals surface area contributed by atoms with Crippen molar-refractivity contribution in [2.45, 2.75) is 6.42 Å². The highest BCUT2D eigenvalue weighted by Gasteiger charge is 2.08. The van der Waals surface area contributed by atoms with Crippen LogP contribution in [0.25, 0.3) is 0 Å². The maximum atomic E-state index is 11.1. The van der Waals surface area contributed by atoms with Crippen molar-refractivity contribution < 1.29 is 8.42 Å². The lowest BCUT2D eigenvalue weighted by Crippen LogP contribution is -2.04. The number of hydrogen-bond donors (Lipinski definition) is 1. The first-order chi connectivity index (χ1) is 6.04. The van der Waals surface area contributed by atoms with Crippen LogP contribution in [0.2, 0.25) is 0 Å². The van der Waals surface area contributed by atoms with Crippen molar-refractivity contribution in [3.63, 3.8) is 0 Å². The topological polar surface area (TPSA) is 46.2 Å². The number of nitrogens with one attached hydrogen (secondary N) is 1. The normalized spacial score (nSPS) is 17.3. The Balaban J connectivity index is 2.93. The van der Waals surface area contributed by atoms with E-state index in [0.717, 1.165) is 5.70 Å². The monoisotopic (exact) mass is 195 g/mol. The standard InChI is InChI=1S/C8H10BNO2S/c1-13(11,12)8-4-2-3-7(10-9)5-6-8/h3-6,10H,2H2,1H3. The third kappa shape index (κ3) is 2.77. The van der Waals surface area contributed by atoms with Gasteiger partial charge in [-0.2, -0.15) is 0 Å². The first-order valence-electron chi connectivity index (χ1n) is 3.79. The lowest BCUT2D eigenvalue weighted by atomic mass is 10.3. The third-order valence-corrected chi connectivity index (χ3v) is 2.84. The van der Waals surface area contributed by atoms with Crippen LogP contribution in [-0.2, 0) is 9.84 Å². The van der Waals surface area contributed by atoms with Crippen LogP contribution in [0.4, 0.5) is 0 Å². The van der Waals surface area contributed by atoms with Crippen molar-refractivity contribution in [3.05, 3.63) is 34.9 Å². The largest absolute Gasteiger partial charge is 0.438 e. The van der Waals surface area contributed by atoms with E-state index in [1.54, 1.807) is 12.2 Å². The average molecular weight is 195 g/mol. The van der Waals surface area contributed by atoms with E-state index in [0.29, 0.717) is 11.3 Å². The van der Waals surface area contributed by atoms with Gasteiger partial charge in [0.25, 0.3) is 0 Å². The number of allylic oxidation sites excluding steroid dienone is 4. The maximum Gasteiger partial charge on any atom is 0.222 e. The molecular formula is C8H10BNO2S. The molecular weight excluding hydrogens is 185 g/mol. The smallest absolute Gasteiger partial charge is 0.222 e. The molecule has 0 spiro atoms. The molecule has 0 atom stereocenters. The Morgan fingerprint density at radius 3 is 2.62 bits per heavy atom. The first kappa shape index (κ1) is 10.1. The zero-order valence-electron chi connectivity index (χ0n) is 7.32. The van der Waals surface area contributed by atoms with E-state index in [1.807, 2.05) is 6.08 Å². The molecule has 1 aliphatic rings. The van der Waals surface area contributed by atoms with Gasteiger partial charge in [0.05, 0.1) is 4.91 Å². The summed E-state index contributed by atoms with van der Waals surface area (Å²) in [7, 11) is 2.08. The molecule has 0 aromatic heterocycles. The molecule has 0 saturated heterocycles. The van der Waals surface area contributed by atoms with Crippen LogP contribution < -0.4 is 5.23 Å². The van der Waals surface area contributed by atoms with Crippen molar-refractivity contribution in [1.29, 1.82) is 0 Å². The summed E-state index contributed by atoms with van der Waals surface area (Å²) in [6, 6.07) is 0. The maximum absolute atomic E-state index is 11.1. The number of hydrogen-bond acceptors (Lipinski definition) is 3. The van der Waals surface area contributed by atoms with E-state index in [-0.39, 0.29) is 0 Å². The highest BCUT2D eigenvalue weighted by atomic mass is 32.2. The highest BCUT2D eigenvalue weighted by molar-refractivity contribution is 7.94. The second-order valence-electron chi connectivity index (χ2n) is 2.75. The van der Waals surface area contributed by atoms with Gasteiger partial charge in [0.1, 0.15) is 0 Å². The zero-order chi connectivity index (χ0) is 9.90.